The van der Waals surface area contributed by atoms with Gasteiger partial charge in [-0.25, -0.2) is 4.39 Å². The molecule has 0 bridgehead atoms. The third-order valence-corrected chi connectivity index (χ3v) is 4.98. The first-order valence-electron chi connectivity index (χ1n) is 9.12. The molecular formula is C20H22FN5O. The van der Waals surface area contributed by atoms with Crippen LogP contribution >= 0.6 is 0 Å². The van der Waals surface area contributed by atoms with Crippen molar-refractivity contribution in [2.45, 2.75) is 6.54 Å². The van der Waals surface area contributed by atoms with Crippen molar-refractivity contribution in [3.8, 4) is 11.3 Å². The number of benzene rings is 1. The lowest BCUT2D eigenvalue weighted by atomic mass is 10.1. The van der Waals surface area contributed by atoms with Gasteiger partial charge in [-0.15, -0.1) is 0 Å². The first kappa shape index (κ1) is 17.5. The summed E-state index contributed by atoms with van der Waals surface area (Å²) in [5.41, 5.74) is 1.68. The van der Waals surface area contributed by atoms with Crippen LogP contribution in [0.5, 0.6) is 0 Å². The number of rotatable bonds is 5. The number of halogens is 1. The second kappa shape index (κ2) is 7.75. The van der Waals surface area contributed by atoms with Crippen LogP contribution in [0.25, 0.3) is 11.3 Å². The molecule has 0 unspecified atom stereocenters. The third kappa shape index (κ3) is 3.93. The number of H-pyrrole nitrogens is 1. The van der Waals surface area contributed by atoms with Crippen molar-refractivity contribution in [3.63, 3.8) is 0 Å². The molecule has 1 saturated heterocycles. The Hall–Kier alpha value is -2.93. The van der Waals surface area contributed by atoms with Gasteiger partial charge >= 0.3 is 0 Å². The quantitative estimate of drug-likeness (QED) is 0.754. The van der Waals surface area contributed by atoms with Crippen LogP contribution in [-0.2, 0) is 6.54 Å². The minimum Gasteiger partial charge on any atom is -0.353 e. The molecule has 1 fully saturated rings. The van der Waals surface area contributed by atoms with Crippen molar-refractivity contribution < 1.29 is 9.18 Å². The zero-order valence-electron chi connectivity index (χ0n) is 15.0. The monoisotopic (exact) mass is 367 g/mol. The van der Waals surface area contributed by atoms with E-state index in [-0.39, 0.29) is 11.7 Å². The Morgan fingerprint density at radius 2 is 1.85 bits per heavy atom. The van der Waals surface area contributed by atoms with Crippen LogP contribution < -0.4 is 0 Å². The summed E-state index contributed by atoms with van der Waals surface area (Å²) in [7, 11) is 0. The fourth-order valence-electron chi connectivity index (χ4n) is 3.43. The molecule has 6 nitrogen and oxygen atoms in total. The summed E-state index contributed by atoms with van der Waals surface area (Å²) in [6.07, 6.45) is 5.65. The molecule has 1 N–H and O–H groups in total. The summed E-state index contributed by atoms with van der Waals surface area (Å²) in [4.78, 5) is 17.2. The Bertz CT molecular complexity index is 897. The van der Waals surface area contributed by atoms with Crippen LogP contribution in [0.2, 0.25) is 0 Å². The second-order valence-electron chi connectivity index (χ2n) is 6.72. The average Bonchev–Trinajstić information content (AvgIpc) is 3.38. The van der Waals surface area contributed by atoms with Crippen LogP contribution in [0.15, 0.2) is 55.0 Å². The number of aromatic nitrogens is 3. The predicted molar refractivity (Wildman–Crippen MR) is 101 cm³/mol. The van der Waals surface area contributed by atoms with E-state index in [9.17, 15) is 9.18 Å². The van der Waals surface area contributed by atoms with Gasteiger partial charge in [0.2, 0.25) is 0 Å². The fraction of sp³-hybridized carbons (Fsp3) is 0.300. The number of hydrogen-bond donors (Lipinski definition) is 1. The molecule has 1 aliphatic heterocycles. The number of nitrogens with one attached hydrogen (secondary N) is 1. The molecule has 4 rings (SSSR count). The number of hydrogen-bond acceptors (Lipinski definition) is 3. The van der Waals surface area contributed by atoms with E-state index in [1.54, 1.807) is 12.1 Å². The Morgan fingerprint density at radius 1 is 1.07 bits per heavy atom. The van der Waals surface area contributed by atoms with E-state index in [0.717, 1.165) is 26.2 Å². The summed E-state index contributed by atoms with van der Waals surface area (Å²) >= 11 is 0. The lowest BCUT2D eigenvalue weighted by molar-refractivity contribution is 0.0634. The number of aromatic amines is 1. The normalized spacial score (nSPS) is 15.2. The summed E-state index contributed by atoms with van der Waals surface area (Å²) in [5.74, 6) is -0.398. The Balaban J connectivity index is 1.38. The molecule has 1 amide bonds. The lowest BCUT2D eigenvalue weighted by Crippen LogP contribution is -2.49. The average molecular weight is 367 g/mol. The van der Waals surface area contributed by atoms with Crippen molar-refractivity contribution in [3.05, 3.63) is 66.4 Å². The predicted octanol–water partition coefficient (Wildman–Crippen LogP) is 2.48. The number of piperazine rings is 1. The van der Waals surface area contributed by atoms with Crippen molar-refractivity contribution >= 4 is 5.91 Å². The lowest BCUT2D eigenvalue weighted by Gasteiger charge is -2.34. The highest BCUT2D eigenvalue weighted by Crippen LogP contribution is 2.23. The van der Waals surface area contributed by atoms with Gasteiger partial charge in [0.15, 0.2) is 0 Å². The van der Waals surface area contributed by atoms with Crippen molar-refractivity contribution in [1.29, 1.82) is 0 Å². The summed E-state index contributed by atoms with van der Waals surface area (Å²) in [6, 6.07) is 10.2. The molecule has 2 aromatic heterocycles. The maximum atomic E-state index is 13.5. The smallest absolute Gasteiger partial charge is 0.257 e. The summed E-state index contributed by atoms with van der Waals surface area (Å²) < 4.78 is 15.7. The van der Waals surface area contributed by atoms with Gasteiger partial charge in [0, 0.05) is 57.2 Å². The maximum Gasteiger partial charge on any atom is 0.257 e. The highest BCUT2D eigenvalue weighted by molar-refractivity contribution is 5.99. The molecule has 0 saturated carbocycles. The largest absolute Gasteiger partial charge is 0.353 e. The van der Waals surface area contributed by atoms with Crippen LogP contribution in [0.4, 0.5) is 4.39 Å². The van der Waals surface area contributed by atoms with Crippen molar-refractivity contribution in [2.24, 2.45) is 0 Å². The van der Waals surface area contributed by atoms with Gasteiger partial charge in [-0.1, -0.05) is 12.1 Å². The number of amides is 1. The zero-order chi connectivity index (χ0) is 18.6. The molecule has 140 valence electrons. The highest BCUT2D eigenvalue weighted by atomic mass is 19.1. The van der Waals surface area contributed by atoms with E-state index in [2.05, 4.69) is 32.1 Å². The van der Waals surface area contributed by atoms with Crippen LogP contribution in [0, 0.1) is 5.82 Å². The molecule has 0 aliphatic carbocycles. The molecule has 7 heteroatoms. The number of carbonyl (C=O) groups excluding carboxylic acids is 1. The number of nitrogens with zero attached hydrogens (tertiary/aromatic N) is 4. The van der Waals surface area contributed by atoms with Crippen molar-refractivity contribution in [2.75, 3.05) is 32.7 Å². The Labute approximate surface area is 157 Å². The van der Waals surface area contributed by atoms with Crippen LogP contribution in [0.3, 0.4) is 0 Å². The van der Waals surface area contributed by atoms with Gasteiger partial charge in [0.25, 0.3) is 5.91 Å². The highest BCUT2D eigenvalue weighted by Gasteiger charge is 2.25. The van der Waals surface area contributed by atoms with Gasteiger partial charge in [0.05, 0.1) is 17.5 Å². The number of carbonyl (C=O) groups is 1. The molecule has 1 aliphatic rings. The molecule has 0 radical (unpaired) electrons. The molecule has 27 heavy (non-hydrogen) atoms. The molecule has 0 atom stereocenters. The van der Waals surface area contributed by atoms with E-state index < -0.39 is 0 Å². The van der Waals surface area contributed by atoms with Gasteiger partial charge in [-0.05, 0) is 24.3 Å². The molecule has 0 spiro atoms. The van der Waals surface area contributed by atoms with E-state index in [1.165, 1.54) is 18.3 Å². The first-order valence-corrected chi connectivity index (χ1v) is 9.12. The minimum absolute atomic E-state index is 0.0620. The van der Waals surface area contributed by atoms with E-state index >= 15 is 0 Å². The van der Waals surface area contributed by atoms with E-state index in [1.807, 2.05) is 17.0 Å². The SMILES string of the molecule is O=C(c1cn[nH]c1-c1cccc(F)c1)N1CCN(CCn2cccc2)CC1. The zero-order valence-corrected chi connectivity index (χ0v) is 15.0. The second-order valence-corrected chi connectivity index (χ2v) is 6.72. The third-order valence-electron chi connectivity index (χ3n) is 4.98. The molecule has 1 aromatic carbocycles. The molecule has 3 aromatic rings. The minimum atomic E-state index is -0.336. The maximum absolute atomic E-state index is 13.5. The topological polar surface area (TPSA) is 57.2 Å². The van der Waals surface area contributed by atoms with Gasteiger partial charge in [0.1, 0.15) is 5.82 Å². The Kier molecular flexibility index (Phi) is 5.02. The molecular weight excluding hydrogens is 345 g/mol. The van der Waals surface area contributed by atoms with Crippen molar-refractivity contribution in [1.82, 2.24) is 24.6 Å². The van der Waals surface area contributed by atoms with E-state index in [4.69, 9.17) is 0 Å². The fourth-order valence-corrected chi connectivity index (χ4v) is 3.43. The molecule has 3 heterocycles. The first-order chi connectivity index (χ1) is 13.2. The standard InChI is InChI=1S/C20H22FN5O/c21-17-5-3-4-16(14-17)19-18(15-22-23-19)20(27)26-12-10-25(11-13-26)9-8-24-6-1-2-7-24/h1-7,14-15H,8-13H2,(H,22,23). The van der Waals surface area contributed by atoms with Gasteiger partial charge in [-0.3, -0.25) is 14.8 Å². The van der Waals surface area contributed by atoms with Crippen LogP contribution in [0.1, 0.15) is 10.4 Å². The summed E-state index contributed by atoms with van der Waals surface area (Å²) in [6.45, 7) is 4.97. The van der Waals surface area contributed by atoms with E-state index in [0.29, 0.717) is 29.9 Å². The van der Waals surface area contributed by atoms with Gasteiger partial charge in [-0.2, -0.15) is 5.10 Å². The van der Waals surface area contributed by atoms with Gasteiger partial charge < -0.3 is 9.47 Å². The van der Waals surface area contributed by atoms with Crippen LogP contribution in [-0.4, -0.2) is 63.2 Å². The Morgan fingerprint density at radius 3 is 2.59 bits per heavy atom. The summed E-state index contributed by atoms with van der Waals surface area (Å²) in [5, 5.41) is 6.85.